The summed E-state index contributed by atoms with van der Waals surface area (Å²) in [6.45, 7) is 2.15. The van der Waals surface area contributed by atoms with E-state index in [-0.39, 0.29) is 5.97 Å². The Labute approximate surface area is 129 Å². The number of ether oxygens (including phenoxy) is 1. The lowest BCUT2D eigenvalue weighted by atomic mass is 10.0. The number of carbonyl (C=O) groups is 1. The zero-order valence-corrected chi connectivity index (χ0v) is 12.5. The first kappa shape index (κ1) is 14.3. The number of carbonyl (C=O) groups excluding carboxylic acids is 1. The van der Waals surface area contributed by atoms with E-state index in [9.17, 15) is 4.79 Å². The number of esters is 1. The second-order valence-electron chi connectivity index (χ2n) is 5.13. The lowest BCUT2D eigenvalue weighted by Crippen LogP contribution is -2.04. The van der Waals surface area contributed by atoms with E-state index in [0.29, 0.717) is 12.3 Å². The summed E-state index contributed by atoms with van der Waals surface area (Å²) in [5, 5.41) is 9.44. The Morgan fingerprint density at radius 3 is 2.82 bits per heavy atom. The van der Waals surface area contributed by atoms with Gasteiger partial charge in [-0.25, -0.2) is 4.79 Å². The van der Waals surface area contributed by atoms with Crippen molar-refractivity contribution in [2.24, 2.45) is 0 Å². The number of nitrogens with zero attached hydrogens (tertiary/aromatic N) is 1. The van der Waals surface area contributed by atoms with Gasteiger partial charge < -0.3 is 4.74 Å². The first-order valence-corrected chi connectivity index (χ1v) is 7.46. The van der Waals surface area contributed by atoms with Gasteiger partial charge in [0.2, 0.25) is 0 Å². The molecule has 0 saturated heterocycles. The molecule has 0 aliphatic rings. The molecule has 0 fully saturated rings. The molecule has 1 heterocycles. The number of hydrogen-bond donors (Lipinski definition) is 1. The van der Waals surface area contributed by atoms with Crippen LogP contribution in [0.15, 0.2) is 48.5 Å². The number of rotatable bonds is 5. The van der Waals surface area contributed by atoms with Crippen LogP contribution in [0, 0.1) is 0 Å². The fourth-order valence-corrected chi connectivity index (χ4v) is 2.58. The summed E-state index contributed by atoms with van der Waals surface area (Å²) < 4.78 is 4.95. The summed E-state index contributed by atoms with van der Waals surface area (Å²) in [7, 11) is 0. The highest BCUT2D eigenvalue weighted by molar-refractivity contribution is 5.87. The zero-order valence-electron chi connectivity index (χ0n) is 12.5. The minimum absolute atomic E-state index is 0.355. The van der Waals surface area contributed by atoms with E-state index >= 15 is 0 Å². The molecule has 0 amide bonds. The predicted octanol–water partition coefficient (Wildman–Crippen LogP) is 3.52. The molecule has 0 atom stereocenters. The summed E-state index contributed by atoms with van der Waals surface area (Å²) in [6.07, 6.45) is 1.67. The lowest BCUT2D eigenvalue weighted by molar-refractivity contribution is 0.0519. The standard InChI is InChI=1S/C18H18N2O2/c1-2-22-18(21)17-12-15(19-20-17)11-10-14-8-5-7-13-6-3-4-9-16(13)14/h3-9,12H,2,10-11H2,1H3,(H,19,20). The number of aryl methyl sites for hydroxylation is 2. The topological polar surface area (TPSA) is 55.0 Å². The molecule has 0 spiro atoms. The fourth-order valence-electron chi connectivity index (χ4n) is 2.58. The van der Waals surface area contributed by atoms with Gasteiger partial charge in [-0.15, -0.1) is 0 Å². The van der Waals surface area contributed by atoms with Crippen LogP contribution in [-0.2, 0) is 17.6 Å². The first-order valence-electron chi connectivity index (χ1n) is 7.46. The highest BCUT2D eigenvalue weighted by atomic mass is 16.5. The van der Waals surface area contributed by atoms with Crippen LogP contribution in [0.3, 0.4) is 0 Å². The maximum atomic E-state index is 11.6. The van der Waals surface area contributed by atoms with E-state index < -0.39 is 0 Å². The van der Waals surface area contributed by atoms with Gasteiger partial charge in [-0.1, -0.05) is 42.5 Å². The van der Waals surface area contributed by atoms with Gasteiger partial charge in [-0.3, -0.25) is 5.10 Å². The molecule has 112 valence electrons. The third-order valence-electron chi connectivity index (χ3n) is 3.66. The summed E-state index contributed by atoms with van der Waals surface area (Å²) >= 11 is 0. The average molecular weight is 294 g/mol. The summed E-state index contributed by atoms with van der Waals surface area (Å²) in [6, 6.07) is 16.5. The molecule has 3 aromatic rings. The van der Waals surface area contributed by atoms with E-state index in [1.54, 1.807) is 13.0 Å². The Balaban J connectivity index is 1.73. The molecule has 4 heteroatoms. The van der Waals surface area contributed by atoms with Gasteiger partial charge in [-0.05, 0) is 42.2 Å². The minimum atomic E-state index is -0.355. The molecule has 0 saturated carbocycles. The number of aromatic nitrogens is 2. The van der Waals surface area contributed by atoms with Gasteiger partial charge in [0.1, 0.15) is 5.69 Å². The predicted molar refractivity (Wildman–Crippen MR) is 85.9 cm³/mol. The number of hydrogen-bond acceptors (Lipinski definition) is 3. The first-order chi connectivity index (χ1) is 10.8. The Kier molecular flexibility index (Phi) is 4.19. The van der Waals surface area contributed by atoms with Crippen LogP contribution < -0.4 is 0 Å². The Morgan fingerprint density at radius 2 is 1.95 bits per heavy atom. The molecule has 0 radical (unpaired) electrons. The van der Waals surface area contributed by atoms with Crippen LogP contribution in [-0.4, -0.2) is 22.8 Å². The molecular formula is C18H18N2O2. The number of benzene rings is 2. The van der Waals surface area contributed by atoms with Crippen LogP contribution in [0.5, 0.6) is 0 Å². The third kappa shape index (κ3) is 3.01. The highest BCUT2D eigenvalue weighted by Crippen LogP contribution is 2.20. The van der Waals surface area contributed by atoms with E-state index in [1.165, 1.54) is 16.3 Å². The summed E-state index contributed by atoms with van der Waals surface area (Å²) in [4.78, 5) is 11.6. The van der Waals surface area contributed by atoms with Crippen molar-refractivity contribution in [1.82, 2.24) is 10.2 Å². The maximum Gasteiger partial charge on any atom is 0.356 e. The Hall–Kier alpha value is -2.62. The van der Waals surface area contributed by atoms with Crippen LogP contribution in [0.4, 0.5) is 0 Å². The Morgan fingerprint density at radius 1 is 1.14 bits per heavy atom. The Bertz CT molecular complexity index is 787. The molecule has 2 aromatic carbocycles. The van der Waals surface area contributed by atoms with Crippen molar-refractivity contribution in [3.8, 4) is 0 Å². The minimum Gasteiger partial charge on any atom is -0.461 e. The van der Waals surface area contributed by atoms with Gasteiger partial charge in [0.05, 0.1) is 12.3 Å². The molecule has 1 N–H and O–H groups in total. The monoisotopic (exact) mass is 294 g/mol. The number of nitrogens with one attached hydrogen (secondary N) is 1. The van der Waals surface area contributed by atoms with E-state index in [1.807, 2.05) is 6.07 Å². The van der Waals surface area contributed by atoms with Gasteiger partial charge in [0, 0.05) is 0 Å². The normalized spacial score (nSPS) is 10.8. The molecule has 0 aliphatic heterocycles. The number of fused-ring (bicyclic) bond motifs is 1. The second-order valence-corrected chi connectivity index (χ2v) is 5.13. The molecule has 4 nitrogen and oxygen atoms in total. The number of H-pyrrole nitrogens is 1. The van der Waals surface area contributed by atoms with Crippen LogP contribution in [0.2, 0.25) is 0 Å². The second kappa shape index (κ2) is 6.43. The smallest absolute Gasteiger partial charge is 0.356 e. The van der Waals surface area contributed by atoms with Gasteiger partial charge in [0.15, 0.2) is 0 Å². The maximum absolute atomic E-state index is 11.6. The van der Waals surface area contributed by atoms with Crippen molar-refractivity contribution < 1.29 is 9.53 Å². The van der Waals surface area contributed by atoms with Crippen molar-refractivity contribution >= 4 is 16.7 Å². The van der Waals surface area contributed by atoms with Crippen molar-refractivity contribution in [3.05, 3.63) is 65.5 Å². The van der Waals surface area contributed by atoms with Gasteiger partial charge >= 0.3 is 5.97 Å². The zero-order chi connectivity index (χ0) is 15.4. The van der Waals surface area contributed by atoms with E-state index in [4.69, 9.17) is 4.74 Å². The molecule has 22 heavy (non-hydrogen) atoms. The number of aromatic amines is 1. The van der Waals surface area contributed by atoms with Crippen molar-refractivity contribution in [1.29, 1.82) is 0 Å². The summed E-state index contributed by atoms with van der Waals surface area (Å²) in [5.74, 6) is -0.355. The molecule has 0 bridgehead atoms. The molecule has 0 unspecified atom stereocenters. The highest BCUT2D eigenvalue weighted by Gasteiger charge is 2.11. The van der Waals surface area contributed by atoms with Crippen LogP contribution >= 0.6 is 0 Å². The quantitative estimate of drug-likeness (QED) is 0.732. The van der Waals surface area contributed by atoms with Crippen molar-refractivity contribution in [2.75, 3.05) is 6.61 Å². The van der Waals surface area contributed by atoms with Crippen molar-refractivity contribution in [2.45, 2.75) is 19.8 Å². The molecule has 1 aromatic heterocycles. The SMILES string of the molecule is CCOC(=O)c1cc(CCc2cccc3ccccc23)n[nH]1. The largest absolute Gasteiger partial charge is 0.461 e. The van der Waals surface area contributed by atoms with Gasteiger partial charge in [-0.2, -0.15) is 5.10 Å². The van der Waals surface area contributed by atoms with Crippen molar-refractivity contribution in [3.63, 3.8) is 0 Å². The molecule has 0 aliphatic carbocycles. The van der Waals surface area contributed by atoms with Crippen LogP contribution in [0.25, 0.3) is 10.8 Å². The summed E-state index contributed by atoms with van der Waals surface area (Å²) in [5.41, 5.74) is 2.57. The van der Waals surface area contributed by atoms with Gasteiger partial charge in [0.25, 0.3) is 0 Å². The molecular weight excluding hydrogens is 276 g/mol. The van der Waals surface area contributed by atoms with E-state index in [0.717, 1.165) is 18.5 Å². The van der Waals surface area contributed by atoms with Crippen LogP contribution in [0.1, 0.15) is 28.7 Å². The third-order valence-corrected chi connectivity index (χ3v) is 3.66. The molecule has 3 rings (SSSR count). The van der Waals surface area contributed by atoms with E-state index in [2.05, 4.69) is 46.6 Å². The lowest BCUT2D eigenvalue weighted by Gasteiger charge is -2.05. The fraction of sp³-hybridized carbons (Fsp3) is 0.222. The average Bonchev–Trinajstić information content (AvgIpc) is 3.02.